The number of benzene rings is 2. The van der Waals surface area contributed by atoms with E-state index >= 15 is 0 Å². The van der Waals surface area contributed by atoms with Gasteiger partial charge in [-0.05, 0) is 12.1 Å². The highest BCUT2D eigenvalue weighted by atomic mass is 16.6. The molecule has 2 aromatic heterocycles. The van der Waals surface area contributed by atoms with Crippen LogP contribution in [-0.2, 0) is 6.42 Å². The zero-order chi connectivity index (χ0) is 17.6. The molecule has 0 N–H and O–H groups in total. The first-order valence-electron chi connectivity index (χ1n) is 7.07. The Morgan fingerprint density at radius 3 is 1.64 bits per heavy atom. The zero-order valence-corrected chi connectivity index (χ0v) is 12.4. The van der Waals surface area contributed by atoms with E-state index < -0.39 is 9.85 Å². The summed E-state index contributed by atoms with van der Waals surface area (Å²) >= 11 is 0. The van der Waals surface area contributed by atoms with Crippen molar-refractivity contribution in [1.29, 1.82) is 0 Å². The van der Waals surface area contributed by atoms with Crippen LogP contribution >= 0.6 is 0 Å². The number of hydrogen-bond acceptors (Lipinski definition) is 8. The van der Waals surface area contributed by atoms with Gasteiger partial charge in [-0.2, -0.15) is 0 Å². The van der Waals surface area contributed by atoms with Crippen LogP contribution in [0.4, 0.5) is 11.4 Å². The van der Waals surface area contributed by atoms with Crippen molar-refractivity contribution in [3.63, 3.8) is 0 Å². The predicted molar refractivity (Wildman–Crippen MR) is 84.1 cm³/mol. The summed E-state index contributed by atoms with van der Waals surface area (Å²) in [5, 5.41) is 21.6. The Hall–Kier alpha value is -3.82. The van der Waals surface area contributed by atoms with Crippen molar-refractivity contribution in [1.82, 2.24) is 9.97 Å². The van der Waals surface area contributed by atoms with Gasteiger partial charge in [-0.1, -0.05) is 0 Å². The monoisotopic (exact) mass is 340 g/mol. The summed E-state index contributed by atoms with van der Waals surface area (Å²) in [5.74, 6) is 0.549. The van der Waals surface area contributed by atoms with E-state index in [9.17, 15) is 20.2 Å². The Balaban J connectivity index is 1.67. The summed E-state index contributed by atoms with van der Waals surface area (Å²) in [7, 11) is 0. The molecule has 0 bridgehead atoms. The highest BCUT2D eigenvalue weighted by Crippen LogP contribution is 2.25. The molecule has 0 aliphatic heterocycles. The summed E-state index contributed by atoms with van der Waals surface area (Å²) in [5.41, 5.74) is 1.37. The van der Waals surface area contributed by atoms with Gasteiger partial charge >= 0.3 is 0 Å². The van der Waals surface area contributed by atoms with E-state index in [1.54, 1.807) is 0 Å². The van der Waals surface area contributed by atoms with Gasteiger partial charge in [0.15, 0.2) is 11.2 Å². The van der Waals surface area contributed by atoms with Crippen molar-refractivity contribution in [2.45, 2.75) is 6.42 Å². The molecule has 10 heteroatoms. The average Bonchev–Trinajstić information content (AvgIpc) is 3.15. The molecule has 0 amide bonds. The number of fused-ring (bicyclic) bond motifs is 2. The Kier molecular flexibility index (Phi) is 3.17. The minimum Gasteiger partial charge on any atom is -0.440 e. The lowest BCUT2D eigenvalue weighted by Gasteiger charge is -1.88. The largest absolute Gasteiger partial charge is 0.440 e. The van der Waals surface area contributed by atoms with Gasteiger partial charge in [0.1, 0.15) is 17.5 Å². The highest BCUT2D eigenvalue weighted by molar-refractivity contribution is 5.76. The molecule has 0 saturated carbocycles. The number of hydrogen-bond donors (Lipinski definition) is 0. The third-order valence-electron chi connectivity index (χ3n) is 3.55. The Labute approximate surface area is 138 Å². The summed E-state index contributed by atoms with van der Waals surface area (Å²) < 4.78 is 11.0. The van der Waals surface area contributed by atoms with Crippen molar-refractivity contribution < 1.29 is 18.7 Å². The van der Waals surface area contributed by atoms with Crippen LogP contribution in [0.15, 0.2) is 45.2 Å². The molecule has 2 aromatic carbocycles. The van der Waals surface area contributed by atoms with E-state index in [0.717, 1.165) is 0 Å². The lowest BCUT2D eigenvalue weighted by molar-refractivity contribution is -0.384. The summed E-state index contributed by atoms with van der Waals surface area (Å²) in [6.45, 7) is 0. The maximum atomic E-state index is 10.8. The molecule has 4 aromatic rings. The van der Waals surface area contributed by atoms with Gasteiger partial charge in [-0.25, -0.2) is 9.97 Å². The van der Waals surface area contributed by atoms with Gasteiger partial charge in [-0.3, -0.25) is 20.2 Å². The smallest absolute Gasteiger partial charge is 0.271 e. The third-order valence-corrected chi connectivity index (χ3v) is 3.55. The van der Waals surface area contributed by atoms with Crippen molar-refractivity contribution in [2.24, 2.45) is 0 Å². The van der Waals surface area contributed by atoms with E-state index in [1.807, 2.05) is 0 Å². The number of oxazole rings is 2. The van der Waals surface area contributed by atoms with Gasteiger partial charge in [0, 0.05) is 24.3 Å². The Bertz CT molecular complexity index is 1060. The van der Waals surface area contributed by atoms with E-state index in [4.69, 9.17) is 8.83 Å². The van der Waals surface area contributed by atoms with Crippen molar-refractivity contribution in [3.8, 4) is 0 Å². The van der Waals surface area contributed by atoms with Crippen LogP contribution in [0, 0.1) is 20.2 Å². The molecule has 2 heterocycles. The average molecular weight is 340 g/mol. The summed E-state index contributed by atoms with van der Waals surface area (Å²) in [6.07, 6.45) is 0.116. The van der Waals surface area contributed by atoms with Crippen LogP contribution in [0.1, 0.15) is 11.8 Å². The minimum absolute atomic E-state index is 0.0819. The second kappa shape index (κ2) is 5.37. The van der Waals surface area contributed by atoms with Crippen LogP contribution in [0.25, 0.3) is 22.2 Å². The first kappa shape index (κ1) is 14.8. The Morgan fingerprint density at radius 1 is 0.800 bits per heavy atom. The van der Waals surface area contributed by atoms with Crippen LogP contribution in [0.2, 0.25) is 0 Å². The Morgan fingerprint density at radius 2 is 1.24 bits per heavy atom. The quantitative estimate of drug-likeness (QED) is 0.407. The fourth-order valence-electron chi connectivity index (χ4n) is 2.43. The fourth-order valence-corrected chi connectivity index (χ4v) is 2.43. The van der Waals surface area contributed by atoms with Gasteiger partial charge in [-0.15, -0.1) is 0 Å². The second-order valence-corrected chi connectivity index (χ2v) is 5.21. The second-order valence-electron chi connectivity index (χ2n) is 5.21. The first-order chi connectivity index (χ1) is 12.0. The molecule has 0 aliphatic carbocycles. The predicted octanol–water partition coefficient (Wildman–Crippen LogP) is 3.38. The molecule has 0 unspecified atom stereocenters. The molecular weight excluding hydrogens is 332 g/mol. The van der Waals surface area contributed by atoms with Crippen LogP contribution in [0.5, 0.6) is 0 Å². The standard InChI is InChI=1S/C15H8N4O6/c20-18(21)8-1-3-12-10(5-8)16-14(24-12)7-15-17-11-6-9(19(22)23)2-4-13(11)25-15/h1-6H,7H2. The molecule has 25 heavy (non-hydrogen) atoms. The molecule has 0 atom stereocenters. The number of nitro benzene ring substituents is 2. The molecule has 4 rings (SSSR count). The summed E-state index contributed by atoms with van der Waals surface area (Å²) in [4.78, 5) is 28.9. The number of nitro groups is 2. The maximum Gasteiger partial charge on any atom is 0.271 e. The van der Waals surface area contributed by atoms with Gasteiger partial charge in [0.05, 0.1) is 9.85 Å². The van der Waals surface area contributed by atoms with E-state index in [-0.39, 0.29) is 29.6 Å². The molecule has 124 valence electrons. The minimum atomic E-state index is -0.512. The molecule has 10 nitrogen and oxygen atoms in total. The maximum absolute atomic E-state index is 10.8. The normalized spacial score (nSPS) is 11.2. The van der Waals surface area contributed by atoms with E-state index in [1.165, 1.54) is 36.4 Å². The molecule has 0 saturated heterocycles. The van der Waals surface area contributed by atoms with E-state index in [0.29, 0.717) is 22.2 Å². The molecule has 0 radical (unpaired) electrons. The number of nitrogens with zero attached hydrogens (tertiary/aromatic N) is 4. The van der Waals surface area contributed by atoms with Crippen LogP contribution in [0.3, 0.4) is 0 Å². The first-order valence-corrected chi connectivity index (χ1v) is 7.07. The van der Waals surface area contributed by atoms with Crippen molar-refractivity contribution in [2.75, 3.05) is 0 Å². The molecule has 0 aliphatic rings. The van der Waals surface area contributed by atoms with Crippen LogP contribution in [-0.4, -0.2) is 19.8 Å². The molecular formula is C15H8N4O6. The fraction of sp³-hybridized carbons (Fsp3) is 0.0667. The van der Waals surface area contributed by atoms with E-state index in [2.05, 4.69) is 9.97 Å². The lowest BCUT2D eigenvalue weighted by Crippen LogP contribution is -1.88. The number of rotatable bonds is 4. The van der Waals surface area contributed by atoms with Crippen molar-refractivity contribution in [3.05, 3.63) is 68.4 Å². The molecule has 0 spiro atoms. The van der Waals surface area contributed by atoms with Crippen molar-refractivity contribution >= 4 is 33.6 Å². The van der Waals surface area contributed by atoms with Gasteiger partial charge in [0.25, 0.3) is 11.4 Å². The molecule has 0 fully saturated rings. The topological polar surface area (TPSA) is 138 Å². The van der Waals surface area contributed by atoms with Crippen LogP contribution < -0.4 is 0 Å². The zero-order valence-electron chi connectivity index (χ0n) is 12.4. The van der Waals surface area contributed by atoms with Gasteiger partial charge in [0.2, 0.25) is 11.8 Å². The SMILES string of the molecule is O=[N+]([O-])c1ccc2oc(Cc3nc4cc([N+](=O)[O-])ccc4o3)nc2c1. The summed E-state index contributed by atoms with van der Waals surface area (Å²) in [6, 6.07) is 8.24. The van der Waals surface area contributed by atoms with Gasteiger partial charge < -0.3 is 8.83 Å². The third kappa shape index (κ3) is 2.65. The number of non-ortho nitro benzene ring substituents is 2. The highest BCUT2D eigenvalue weighted by Gasteiger charge is 2.16. The number of aromatic nitrogens is 2. The lowest BCUT2D eigenvalue weighted by atomic mass is 10.3.